The Labute approximate surface area is 114 Å². The van der Waals surface area contributed by atoms with E-state index in [2.05, 4.69) is 5.32 Å². The zero-order valence-corrected chi connectivity index (χ0v) is 11.9. The van der Waals surface area contributed by atoms with Gasteiger partial charge in [-0.15, -0.1) is 0 Å². The lowest BCUT2D eigenvalue weighted by Crippen LogP contribution is -2.33. The fourth-order valence-corrected chi connectivity index (χ4v) is 3.78. The van der Waals surface area contributed by atoms with Crippen molar-refractivity contribution >= 4 is 15.7 Å². The highest BCUT2D eigenvalue weighted by atomic mass is 32.2. The van der Waals surface area contributed by atoms with Crippen LogP contribution in [0.1, 0.15) is 18.9 Å². The molecule has 0 amide bonds. The number of aliphatic hydroxyl groups is 1. The lowest BCUT2D eigenvalue weighted by atomic mass is 10.0. The summed E-state index contributed by atoms with van der Waals surface area (Å²) in [6.07, 6.45) is 2.06. The zero-order valence-electron chi connectivity index (χ0n) is 11.1. The van der Waals surface area contributed by atoms with Gasteiger partial charge in [0.2, 0.25) is 10.0 Å². The van der Waals surface area contributed by atoms with E-state index in [4.69, 9.17) is 5.11 Å². The molecule has 1 aliphatic heterocycles. The molecule has 0 spiro atoms. The minimum absolute atomic E-state index is 0.128. The van der Waals surface area contributed by atoms with Crippen molar-refractivity contribution in [3.63, 3.8) is 0 Å². The van der Waals surface area contributed by atoms with Crippen LogP contribution in [0.5, 0.6) is 0 Å². The number of hydrogen-bond donors (Lipinski definition) is 2. The third kappa shape index (κ3) is 2.91. The van der Waals surface area contributed by atoms with Gasteiger partial charge in [0.25, 0.3) is 0 Å². The summed E-state index contributed by atoms with van der Waals surface area (Å²) in [6.45, 7) is 2.96. The van der Waals surface area contributed by atoms with Crippen LogP contribution in [0.25, 0.3) is 0 Å². The molecule has 1 aliphatic rings. The quantitative estimate of drug-likeness (QED) is 0.848. The first-order valence-corrected chi connectivity index (χ1v) is 8.01. The first-order valence-electron chi connectivity index (χ1n) is 6.57. The molecule has 1 aromatic carbocycles. The Balaban J connectivity index is 2.35. The second-order valence-corrected chi connectivity index (χ2v) is 6.51. The van der Waals surface area contributed by atoms with Gasteiger partial charge in [-0.25, -0.2) is 8.42 Å². The molecule has 0 atom stereocenters. The topological polar surface area (TPSA) is 69.6 Å². The minimum Gasteiger partial charge on any atom is -0.395 e. The molecule has 0 radical (unpaired) electrons. The van der Waals surface area contributed by atoms with Crippen LogP contribution in [0.2, 0.25) is 0 Å². The van der Waals surface area contributed by atoms with Crippen LogP contribution in [-0.4, -0.2) is 44.1 Å². The predicted octanol–water partition coefficient (Wildman–Crippen LogP) is 1.05. The van der Waals surface area contributed by atoms with Gasteiger partial charge < -0.3 is 10.4 Å². The molecular formula is C13H20N2O3S. The van der Waals surface area contributed by atoms with Gasteiger partial charge in [0, 0.05) is 25.3 Å². The molecule has 0 bridgehead atoms. The van der Waals surface area contributed by atoms with Crippen LogP contribution >= 0.6 is 0 Å². The molecule has 1 aromatic rings. The summed E-state index contributed by atoms with van der Waals surface area (Å²) in [4.78, 5) is 0.288. The highest BCUT2D eigenvalue weighted by Crippen LogP contribution is 2.26. The summed E-state index contributed by atoms with van der Waals surface area (Å²) >= 11 is 0. The van der Waals surface area contributed by atoms with Crippen molar-refractivity contribution in [1.29, 1.82) is 0 Å². The molecule has 106 valence electrons. The van der Waals surface area contributed by atoms with Crippen molar-refractivity contribution in [3.8, 4) is 0 Å². The molecule has 2 N–H and O–H groups in total. The average molecular weight is 284 g/mol. The summed E-state index contributed by atoms with van der Waals surface area (Å²) in [5.74, 6) is 0. The number of nitrogens with one attached hydrogen (secondary N) is 1. The molecule has 0 saturated heterocycles. The maximum absolute atomic E-state index is 12.4. The Kier molecular flexibility index (Phi) is 4.44. The Morgan fingerprint density at radius 3 is 2.89 bits per heavy atom. The molecule has 0 saturated carbocycles. The van der Waals surface area contributed by atoms with Crippen LogP contribution in [0.4, 0.5) is 5.69 Å². The number of benzene rings is 1. The summed E-state index contributed by atoms with van der Waals surface area (Å²) in [5, 5.41) is 12.2. The van der Waals surface area contributed by atoms with E-state index < -0.39 is 10.0 Å². The highest BCUT2D eigenvalue weighted by Gasteiger charge is 2.23. The second-order valence-electron chi connectivity index (χ2n) is 4.57. The fraction of sp³-hybridized carbons (Fsp3) is 0.538. The van der Waals surface area contributed by atoms with Crippen molar-refractivity contribution in [2.24, 2.45) is 0 Å². The number of rotatable bonds is 5. The van der Waals surface area contributed by atoms with E-state index in [-0.39, 0.29) is 18.0 Å². The Morgan fingerprint density at radius 1 is 1.42 bits per heavy atom. The largest absolute Gasteiger partial charge is 0.395 e. The molecule has 19 heavy (non-hydrogen) atoms. The fourth-order valence-electron chi connectivity index (χ4n) is 2.31. The van der Waals surface area contributed by atoms with Crippen molar-refractivity contribution in [2.45, 2.75) is 24.7 Å². The van der Waals surface area contributed by atoms with Gasteiger partial charge in [-0.1, -0.05) is 13.0 Å². The number of nitrogens with zero attached hydrogens (tertiary/aromatic N) is 1. The number of sulfonamides is 1. The van der Waals surface area contributed by atoms with E-state index >= 15 is 0 Å². The molecule has 5 nitrogen and oxygen atoms in total. The van der Waals surface area contributed by atoms with Crippen molar-refractivity contribution < 1.29 is 13.5 Å². The number of anilines is 1. The Bertz CT molecular complexity index is 543. The average Bonchev–Trinajstić information content (AvgIpc) is 2.44. The van der Waals surface area contributed by atoms with Gasteiger partial charge in [0.1, 0.15) is 0 Å². The first kappa shape index (κ1) is 14.3. The normalized spacial score (nSPS) is 15.1. The van der Waals surface area contributed by atoms with Gasteiger partial charge in [-0.3, -0.25) is 0 Å². The molecule has 0 aliphatic carbocycles. The lowest BCUT2D eigenvalue weighted by Gasteiger charge is -2.22. The van der Waals surface area contributed by atoms with Crippen LogP contribution < -0.4 is 5.32 Å². The smallest absolute Gasteiger partial charge is 0.243 e. The van der Waals surface area contributed by atoms with Crippen molar-refractivity contribution in [2.75, 3.05) is 31.6 Å². The lowest BCUT2D eigenvalue weighted by molar-refractivity contribution is 0.257. The monoisotopic (exact) mass is 284 g/mol. The summed E-state index contributed by atoms with van der Waals surface area (Å²) in [5.41, 5.74) is 2.07. The number of aliphatic hydroxyl groups excluding tert-OH is 1. The van der Waals surface area contributed by atoms with E-state index in [1.165, 1.54) is 4.31 Å². The zero-order chi connectivity index (χ0) is 13.9. The van der Waals surface area contributed by atoms with Gasteiger partial charge >= 0.3 is 0 Å². The Morgan fingerprint density at radius 2 is 2.21 bits per heavy atom. The van der Waals surface area contributed by atoms with Gasteiger partial charge in [0.05, 0.1) is 11.5 Å². The standard InChI is InChI=1S/C13H20N2O3S/c1-2-15(8-9-16)19(17,18)12-6-5-11-4-3-7-14-13(11)10-12/h5-6,10,14,16H,2-4,7-9H2,1H3. The van der Waals surface area contributed by atoms with E-state index in [9.17, 15) is 8.42 Å². The van der Waals surface area contributed by atoms with Gasteiger partial charge in [-0.05, 0) is 30.5 Å². The molecule has 0 fully saturated rings. The highest BCUT2D eigenvalue weighted by molar-refractivity contribution is 7.89. The summed E-state index contributed by atoms with van der Waals surface area (Å²) in [6, 6.07) is 5.23. The molecule has 1 heterocycles. The summed E-state index contributed by atoms with van der Waals surface area (Å²) in [7, 11) is -3.51. The van der Waals surface area contributed by atoms with E-state index in [0.29, 0.717) is 6.54 Å². The SMILES string of the molecule is CCN(CCO)S(=O)(=O)c1ccc2c(c1)NCCC2. The van der Waals surface area contributed by atoms with Crippen LogP contribution in [0, 0.1) is 0 Å². The number of likely N-dealkylation sites (N-methyl/N-ethyl adjacent to an activating group) is 1. The van der Waals surface area contributed by atoms with E-state index in [1.54, 1.807) is 19.1 Å². The molecule has 2 rings (SSSR count). The van der Waals surface area contributed by atoms with Gasteiger partial charge in [-0.2, -0.15) is 4.31 Å². The van der Waals surface area contributed by atoms with Gasteiger partial charge in [0.15, 0.2) is 0 Å². The maximum atomic E-state index is 12.4. The van der Waals surface area contributed by atoms with Crippen molar-refractivity contribution in [3.05, 3.63) is 23.8 Å². The minimum atomic E-state index is -3.51. The van der Waals surface area contributed by atoms with Crippen molar-refractivity contribution in [1.82, 2.24) is 4.31 Å². The number of hydrogen-bond acceptors (Lipinski definition) is 4. The third-order valence-electron chi connectivity index (χ3n) is 3.36. The molecule has 0 unspecified atom stereocenters. The first-order chi connectivity index (χ1) is 9.09. The van der Waals surface area contributed by atoms with E-state index in [0.717, 1.165) is 30.6 Å². The summed E-state index contributed by atoms with van der Waals surface area (Å²) < 4.78 is 26.1. The second kappa shape index (κ2) is 5.90. The van der Waals surface area contributed by atoms with Crippen LogP contribution in [-0.2, 0) is 16.4 Å². The maximum Gasteiger partial charge on any atom is 0.243 e. The third-order valence-corrected chi connectivity index (χ3v) is 5.33. The molecule has 6 heteroatoms. The molecular weight excluding hydrogens is 264 g/mol. The van der Waals surface area contributed by atoms with Crippen LogP contribution in [0.15, 0.2) is 23.1 Å². The van der Waals surface area contributed by atoms with E-state index in [1.807, 2.05) is 6.07 Å². The molecule has 0 aromatic heterocycles. The predicted molar refractivity (Wildman–Crippen MR) is 74.8 cm³/mol. The van der Waals surface area contributed by atoms with Crippen LogP contribution in [0.3, 0.4) is 0 Å². The number of aryl methyl sites for hydroxylation is 1. The number of fused-ring (bicyclic) bond motifs is 1. The Hall–Kier alpha value is -1.11.